The fraction of sp³-hybridized carbons (Fsp3) is 0.706. The quantitative estimate of drug-likeness (QED) is 0.776. The lowest BCUT2D eigenvalue weighted by Gasteiger charge is -2.61. The molecule has 128 valence electrons. The molecule has 2 aliphatic heterocycles. The smallest absolute Gasteiger partial charge is 0.232 e. The summed E-state index contributed by atoms with van der Waals surface area (Å²) in [5, 5.41) is 0. The van der Waals surface area contributed by atoms with Crippen LogP contribution in [0.25, 0.3) is 0 Å². The lowest BCUT2D eigenvalue weighted by atomic mass is 9.64. The van der Waals surface area contributed by atoms with Crippen molar-refractivity contribution >= 4 is 28.8 Å². The highest BCUT2D eigenvalue weighted by molar-refractivity contribution is 7.16. The summed E-state index contributed by atoms with van der Waals surface area (Å²) in [7, 11) is 0. The van der Waals surface area contributed by atoms with E-state index < -0.39 is 0 Å². The minimum atomic E-state index is -0.243. The molecule has 23 heavy (non-hydrogen) atoms. The molecule has 2 saturated heterocycles. The van der Waals surface area contributed by atoms with Crippen molar-refractivity contribution in [3.05, 3.63) is 21.3 Å². The third-order valence-corrected chi connectivity index (χ3v) is 7.01. The van der Waals surface area contributed by atoms with E-state index in [1.54, 1.807) is 11.3 Å². The van der Waals surface area contributed by atoms with E-state index in [1.807, 2.05) is 11.0 Å². The summed E-state index contributed by atoms with van der Waals surface area (Å²) in [6.45, 7) is 14.3. The molecule has 0 aliphatic carbocycles. The topological polar surface area (TPSA) is 26.8 Å². The number of hydrogen-bond acceptors (Lipinski definition) is 4. The Labute approximate surface area is 148 Å². The van der Waals surface area contributed by atoms with E-state index in [4.69, 9.17) is 11.6 Å². The number of piperazine rings is 1. The zero-order valence-electron chi connectivity index (χ0n) is 14.4. The van der Waals surface area contributed by atoms with Gasteiger partial charge < -0.3 is 4.90 Å². The van der Waals surface area contributed by atoms with Crippen LogP contribution in [0.4, 0.5) is 0 Å². The summed E-state index contributed by atoms with van der Waals surface area (Å²) in [5.41, 5.74) is -0.303. The highest BCUT2D eigenvalue weighted by Crippen LogP contribution is 2.47. The van der Waals surface area contributed by atoms with Crippen LogP contribution in [-0.2, 0) is 11.3 Å². The van der Waals surface area contributed by atoms with Crippen molar-refractivity contribution in [2.45, 2.75) is 39.8 Å². The lowest BCUT2D eigenvalue weighted by Crippen LogP contribution is -2.74. The van der Waals surface area contributed by atoms with Gasteiger partial charge in [0.1, 0.15) is 0 Å². The predicted molar refractivity (Wildman–Crippen MR) is 95.8 cm³/mol. The van der Waals surface area contributed by atoms with Crippen molar-refractivity contribution in [2.24, 2.45) is 5.41 Å². The summed E-state index contributed by atoms with van der Waals surface area (Å²) in [6, 6.07) is 4.08. The van der Waals surface area contributed by atoms with Crippen LogP contribution in [0.2, 0.25) is 4.34 Å². The number of hydrogen-bond donors (Lipinski definition) is 0. The van der Waals surface area contributed by atoms with E-state index in [0.717, 1.165) is 43.7 Å². The van der Waals surface area contributed by atoms with Gasteiger partial charge in [-0.15, -0.1) is 11.3 Å². The molecular formula is C17H26ClN3OS. The van der Waals surface area contributed by atoms with Crippen molar-refractivity contribution in [3.8, 4) is 0 Å². The maximum atomic E-state index is 12.4. The van der Waals surface area contributed by atoms with Gasteiger partial charge in [0.15, 0.2) is 0 Å². The molecule has 2 aliphatic rings. The van der Waals surface area contributed by atoms with Crippen LogP contribution < -0.4 is 0 Å². The first-order chi connectivity index (χ1) is 10.7. The second-order valence-electron chi connectivity index (χ2n) is 7.66. The van der Waals surface area contributed by atoms with E-state index in [-0.39, 0.29) is 16.9 Å². The fourth-order valence-electron chi connectivity index (χ4n) is 3.32. The van der Waals surface area contributed by atoms with Crippen LogP contribution in [0, 0.1) is 5.41 Å². The molecule has 0 saturated carbocycles. The SMILES string of the molecule is CC1(C)C(=O)N(CN2CCN(Cc3ccc(Cl)s3)CC2)C1(C)C. The van der Waals surface area contributed by atoms with Gasteiger partial charge in [0.25, 0.3) is 0 Å². The van der Waals surface area contributed by atoms with Gasteiger partial charge in [-0.3, -0.25) is 14.6 Å². The van der Waals surface area contributed by atoms with E-state index in [0.29, 0.717) is 0 Å². The normalized spacial score (nSPS) is 24.7. The first-order valence-corrected chi connectivity index (χ1v) is 9.42. The largest absolute Gasteiger partial charge is 0.323 e. The second kappa shape index (κ2) is 6.03. The molecule has 0 unspecified atom stereocenters. The molecule has 6 heteroatoms. The third kappa shape index (κ3) is 3.04. The maximum absolute atomic E-state index is 12.4. The zero-order valence-corrected chi connectivity index (χ0v) is 16.0. The number of halogens is 1. The molecule has 0 atom stereocenters. The lowest BCUT2D eigenvalue weighted by molar-refractivity contribution is -0.189. The van der Waals surface area contributed by atoms with E-state index in [2.05, 4.69) is 43.6 Å². The fourth-order valence-corrected chi connectivity index (χ4v) is 4.45. The van der Waals surface area contributed by atoms with E-state index in [9.17, 15) is 4.79 Å². The Morgan fingerprint density at radius 3 is 2.22 bits per heavy atom. The van der Waals surface area contributed by atoms with Crippen LogP contribution >= 0.6 is 22.9 Å². The summed E-state index contributed by atoms with van der Waals surface area (Å²) in [4.78, 5) is 20.6. The van der Waals surface area contributed by atoms with Crippen molar-refractivity contribution in [1.29, 1.82) is 0 Å². The molecule has 0 radical (unpaired) electrons. The number of nitrogens with zero attached hydrogens (tertiary/aromatic N) is 3. The number of carbonyl (C=O) groups is 1. The van der Waals surface area contributed by atoms with Crippen LogP contribution in [0.15, 0.2) is 12.1 Å². The molecule has 3 rings (SSSR count). The van der Waals surface area contributed by atoms with E-state index >= 15 is 0 Å². The Hall–Kier alpha value is -0.620. The molecule has 3 heterocycles. The molecule has 0 spiro atoms. The van der Waals surface area contributed by atoms with Gasteiger partial charge in [-0.1, -0.05) is 11.6 Å². The molecule has 0 aromatic carbocycles. The standard InChI is InChI=1S/C17H26ClN3OS/c1-16(2)15(22)21(17(16,3)4)12-20-9-7-19(8-10-20)11-13-5-6-14(18)23-13/h5-6H,7-12H2,1-4H3. The van der Waals surface area contributed by atoms with Gasteiger partial charge in [-0.25, -0.2) is 0 Å². The van der Waals surface area contributed by atoms with Gasteiger partial charge in [0, 0.05) is 37.6 Å². The molecule has 1 aromatic rings. The van der Waals surface area contributed by atoms with Crippen LogP contribution in [0.3, 0.4) is 0 Å². The maximum Gasteiger partial charge on any atom is 0.232 e. The molecule has 0 bridgehead atoms. The van der Waals surface area contributed by atoms with Crippen molar-refractivity contribution in [3.63, 3.8) is 0 Å². The van der Waals surface area contributed by atoms with Gasteiger partial charge in [0.2, 0.25) is 5.91 Å². The second-order valence-corrected chi connectivity index (χ2v) is 9.46. The minimum Gasteiger partial charge on any atom is -0.323 e. The van der Waals surface area contributed by atoms with Gasteiger partial charge >= 0.3 is 0 Å². The van der Waals surface area contributed by atoms with Crippen LogP contribution in [-0.4, -0.2) is 59.0 Å². The monoisotopic (exact) mass is 355 g/mol. The number of likely N-dealkylation sites (tertiary alicyclic amines) is 1. The number of β-lactam (4-membered cyclic amide) rings is 1. The van der Waals surface area contributed by atoms with Crippen molar-refractivity contribution in [2.75, 3.05) is 32.8 Å². The average molecular weight is 356 g/mol. The minimum absolute atomic E-state index is 0.0606. The number of rotatable bonds is 4. The molecular weight excluding hydrogens is 330 g/mol. The number of amides is 1. The Balaban J connectivity index is 1.49. The van der Waals surface area contributed by atoms with Crippen molar-refractivity contribution < 1.29 is 4.79 Å². The molecule has 1 amide bonds. The Bertz CT molecular complexity index is 590. The van der Waals surface area contributed by atoms with Gasteiger partial charge in [-0.2, -0.15) is 0 Å². The number of thiophene rings is 1. The van der Waals surface area contributed by atoms with E-state index in [1.165, 1.54) is 4.88 Å². The Morgan fingerprint density at radius 1 is 1.09 bits per heavy atom. The molecule has 0 N–H and O–H groups in total. The highest BCUT2D eigenvalue weighted by Gasteiger charge is 2.60. The highest BCUT2D eigenvalue weighted by atomic mass is 35.5. The van der Waals surface area contributed by atoms with Crippen LogP contribution in [0.5, 0.6) is 0 Å². The van der Waals surface area contributed by atoms with Crippen molar-refractivity contribution in [1.82, 2.24) is 14.7 Å². The summed E-state index contributed by atoms with van der Waals surface area (Å²) < 4.78 is 0.861. The summed E-state index contributed by atoms with van der Waals surface area (Å²) in [5.74, 6) is 0.276. The first-order valence-electron chi connectivity index (χ1n) is 8.23. The summed E-state index contributed by atoms with van der Waals surface area (Å²) in [6.07, 6.45) is 0. The Morgan fingerprint density at radius 2 is 1.70 bits per heavy atom. The first kappa shape index (κ1) is 17.2. The Kier molecular flexibility index (Phi) is 4.51. The van der Waals surface area contributed by atoms with Gasteiger partial charge in [0.05, 0.1) is 22.0 Å². The average Bonchev–Trinajstić information content (AvgIpc) is 2.90. The van der Waals surface area contributed by atoms with Gasteiger partial charge in [-0.05, 0) is 39.8 Å². The zero-order chi connectivity index (χ0) is 16.8. The molecule has 4 nitrogen and oxygen atoms in total. The number of carbonyl (C=O) groups excluding carboxylic acids is 1. The summed E-state index contributed by atoms with van der Waals surface area (Å²) >= 11 is 7.66. The van der Waals surface area contributed by atoms with Crippen LogP contribution in [0.1, 0.15) is 32.6 Å². The third-order valence-electron chi connectivity index (χ3n) is 5.80. The molecule has 2 fully saturated rings. The predicted octanol–water partition coefficient (Wildman–Crippen LogP) is 3.12. The molecule has 1 aromatic heterocycles.